The lowest BCUT2D eigenvalue weighted by Gasteiger charge is -2.15. The molecule has 1 aliphatic heterocycles. The highest BCUT2D eigenvalue weighted by atomic mass is 16.5. The first-order chi connectivity index (χ1) is 6.61. The van der Waals surface area contributed by atoms with Crippen LogP contribution < -0.4 is 0 Å². The third-order valence-corrected chi connectivity index (χ3v) is 2.22. The Morgan fingerprint density at radius 3 is 2.79 bits per heavy atom. The van der Waals surface area contributed by atoms with Crippen LogP contribution in [0.15, 0.2) is 11.8 Å². The van der Waals surface area contributed by atoms with Crippen molar-refractivity contribution in [1.29, 1.82) is 0 Å². The second kappa shape index (κ2) is 4.94. The minimum absolute atomic E-state index is 0.105. The van der Waals surface area contributed by atoms with Crippen molar-refractivity contribution in [2.45, 2.75) is 39.5 Å². The maximum Gasteiger partial charge on any atom is 0.318 e. The van der Waals surface area contributed by atoms with Gasteiger partial charge in [0.25, 0.3) is 0 Å². The molecule has 1 atom stereocenters. The molecule has 0 radical (unpaired) electrons. The van der Waals surface area contributed by atoms with E-state index in [1.165, 1.54) is 6.08 Å². The van der Waals surface area contributed by atoms with Crippen LogP contribution in [0.3, 0.4) is 0 Å². The smallest absolute Gasteiger partial charge is 0.318 e. The van der Waals surface area contributed by atoms with Gasteiger partial charge in [-0.05, 0) is 5.92 Å². The first-order valence-corrected chi connectivity index (χ1v) is 5.06. The molecule has 14 heavy (non-hydrogen) atoms. The first-order valence-electron chi connectivity index (χ1n) is 5.06. The molecule has 0 aromatic rings. The van der Waals surface area contributed by atoms with E-state index in [4.69, 9.17) is 4.74 Å². The van der Waals surface area contributed by atoms with Gasteiger partial charge in [0, 0.05) is 12.5 Å². The lowest BCUT2D eigenvalue weighted by molar-refractivity contribution is -0.143. The van der Waals surface area contributed by atoms with Crippen LogP contribution in [0.2, 0.25) is 0 Å². The average molecular weight is 196 g/mol. The Balaban J connectivity index is 2.51. The molecule has 0 aromatic carbocycles. The second-order valence-electron chi connectivity index (χ2n) is 3.83. The fourth-order valence-electron chi connectivity index (χ4n) is 1.62. The summed E-state index contributed by atoms with van der Waals surface area (Å²) in [5.41, 5.74) is 0. The Kier molecular flexibility index (Phi) is 3.86. The zero-order valence-corrected chi connectivity index (χ0v) is 8.71. The van der Waals surface area contributed by atoms with E-state index < -0.39 is 5.97 Å². The molecule has 0 saturated heterocycles. The molecule has 1 rings (SSSR count). The highest BCUT2D eigenvalue weighted by Crippen LogP contribution is 2.20. The summed E-state index contributed by atoms with van der Waals surface area (Å²) < 4.78 is 4.98. The summed E-state index contributed by atoms with van der Waals surface area (Å²) in [4.78, 5) is 22.0. The number of hydrogen-bond acceptors (Lipinski definition) is 3. The van der Waals surface area contributed by atoms with Crippen LogP contribution in [0.25, 0.3) is 0 Å². The Morgan fingerprint density at radius 2 is 2.21 bits per heavy atom. The topological polar surface area (TPSA) is 43.4 Å². The maximum atomic E-state index is 11.0. The minimum Gasteiger partial charge on any atom is -0.431 e. The molecule has 3 nitrogen and oxygen atoms in total. The van der Waals surface area contributed by atoms with Crippen LogP contribution in [0.5, 0.6) is 0 Å². The Bertz CT molecular complexity index is 266. The number of allylic oxidation sites excluding steroid dienone is 2. The zero-order chi connectivity index (χ0) is 10.6. The van der Waals surface area contributed by atoms with Crippen LogP contribution in [0, 0.1) is 5.92 Å². The molecule has 0 spiro atoms. The monoisotopic (exact) mass is 196 g/mol. The SMILES string of the molecule is CCC[C@@H](C)CC1=CC(=O)CC(=O)O1. The van der Waals surface area contributed by atoms with E-state index in [9.17, 15) is 9.59 Å². The highest BCUT2D eigenvalue weighted by molar-refractivity contribution is 6.04. The van der Waals surface area contributed by atoms with E-state index >= 15 is 0 Å². The van der Waals surface area contributed by atoms with Crippen molar-refractivity contribution in [3.05, 3.63) is 11.8 Å². The van der Waals surface area contributed by atoms with Crippen molar-refractivity contribution in [3.63, 3.8) is 0 Å². The van der Waals surface area contributed by atoms with E-state index in [0.29, 0.717) is 18.1 Å². The van der Waals surface area contributed by atoms with Gasteiger partial charge in [-0.2, -0.15) is 0 Å². The van der Waals surface area contributed by atoms with Crippen molar-refractivity contribution in [2.24, 2.45) is 5.92 Å². The van der Waals surface area contributed by atoms with Crippen molar-refractivity contribution < 1.29 is 14.3 Å². The van der Waals surface area contributed by atoms with E-state index in [1.807, 2.05) is 0 Å². The van der Waals surface area contributed by atoms with Gasteiger partial charge in [-0.15, -0.1) is 0 Å². The Labute approximate surface area is 84.1 Å². The van der Waals surface area contributed by atoms with Gasteiger partial charge >= 0.3 is 5.97 Å². The molecular weight excluding hydrogens is 180 g/mol. The van der Waals surface area contributed by atoms with Gasteiger partial charge in [0.05, 0.1) is 0 Å². The number of ketones is 1. The molecule has 0 N–H and O–H groups in total. The highest BCUT2D eigenvalue weighted by Gasteiger charge is 2.19. The van der Waals surface area contributed by atoms with Crippen LogP contribution in [-0.2, 0) is 14.3 Å². The number of carbonyl (C=O) groups excluding carboxylic acids is 2. The predicted octanol–water partition coefficient (Wildman–Crippen LogP) is 2.21. The third-order valence-electron chi connectivity index (χ3n) is 2.22. The molecule has 3 heteroatoms. The van der Waals surface area contributed by atoms with Crippen LogP contribution in [-0.4, -0.2) is 11.8 Å². The summed E-state index contributed by atoms with van der Waals surface area (Å²) in [6, 6.07) is 0. The number of rotatable bonds is 4. The molecule has 1 heterocycles. The molecule has 78 valence electrons. The lowest BCUT2D eigenvalue weighted by Crippen LogP contribution is -2.17. The Hall–Kier alpha value is -1.12. The second-order valence-corrected chi connectivity index (χ2v) is 3.83. The van der Waals surface area contributed by atoms with Crippen molar-refractivity contribution in [3.8, 4) is 0 Å². The molecule has 0 aromatic heterocycles. The van der Waals surface area contributed by atoms with Crippen molar-refractivity contribution in [2.75, 3.05) is 0 Å². The number of hydrogen-bond donors (Lipinski definition) is 0. The molecular formula is C11H16O3. The van der Waals surface area contributed by atoms with Crippen LogP contribution in [0.4, 0.5) is 0 Å². The summed E-state index contributed by atoms with van der Waals surface area (Å²) in [6.07, 6.45) is 4.23. The molecule has 0 fully saturated rings. The minimum atomic E-state index is -0.420. The third kappa shape index (κ3) is 3.32. The summed E-state index contributed by atoms with van der Waals surface area (Å²) in [7, 11) is 0. The van der Waals surface area contributed by atoms with Gasteiger partial charge in [-0.25, -0.2) is 0 Å². The number of cyclic esters (lactones) is 1. The molecule has 0 unspecified atom stereocenters. The van der Waals surface area contributed by atoms with Gasteiger partial charge in [0.1, 0.15) is 12.2 Å². The fraction of sp³-hybridized carbons (Fsp3) is 0.636. The van der Waals surface area contributed by atoms with Crippen molar-refractivity contribution in [1.82, 2.24) is 0 Å². The van der Waals surface area contributed by atoms with Gasteiger partial charge in [-0.1, -0.05) is 26.7 Å². The molecule has 0 saturated carbocycles. The standard InChI is InChI=1S/C11H16O3/c1-3-4-8(2)5-10-6-9(12)7-11(13)14-10/h6,8H,3-5,7H2,1-2H3/t8-/m1/s1. The number of carbonyl (C=O) groups is 2. The normalized spacial score (nSPS) is 18.9. The van der Waals surface area contributed by atoms with E-state index in [-0.39, 0.29) is 12.2 Å². The summed E-state index contributed by atoms with van der Waals surface area (Å²) in [5.74, 6) is 0.438. The number of ether oxygens (including phenoxy) is 1. The van der Waals surface area contributed by atoms with Gasteiger partial charge in [0.2, 0.25) is 0 Å². The largest absolute Gasteiger partial charge is 0.431 e. The van der Waals surface area contributed by atoms with Crippen LogP contribution >= 0.6 is 0 Å². The molecule has 1 aliphatic rings. The summed E-state index contributed by atoms with van der Waals surface area (Å²) >= 11 is 0. The quantitative estimate of drug-likeness (QED) is 0.511. The van der Waals surface area contributed by atoms with Crippen LogP contribution in [0.1, 0.15) is 39.5 Å². The maximum absolute atomic E-state index is 11.0. The fourth-order valence-corrected chi connectivity index (χ4v) is 1.62. The average Bonchev–Trinajstić information content (AvgIpc) is 2.01. The van der Waals surface area contributed by atoms with Crippen molar-refractivity contribution >= 4 is 11.8 Å². The zero-order valence-electron chi connectivity index (χ0n) is 8.71. The Morgan fingerprint density at radius 1 is 1.50 bits per heavy atom. The van der Waals surface area contributed by atoms with Gasteiger partial charge in [0.15, 0.2) is 5.78 Å². The predicted molar refractivity (Wildman–Crippen MR) is 52.5 cm³/mol. The van der Waals surface area contributed by atoms with E-state index in [0.717, 1.165) is 12.8 Å². The lowest BCUT2D eigenvalue weighted by atomic mass is 10.00. The molecule has 0 amide bonds. The first kappa shape index (κ1) is 11.0. The van der Waals surface area contributed by atoms with Gasteiger partial charge in [-0.3, -0.25) is 9.59 Å². The van der Waals surface area contributed by atoms with Gasteiger partial charge < -0.3 is 4.74 Å². The summed E-state index contributed by atoms with van der Waals surface area (Å²) in [6.45, 7) is 4.21. The molecule has 0 aliphatic carbocycles. The summed E-state index contributed by atoms with van der Waals surface area (Å²) in [5, 5.41) is 0. The molecule has 0 bridgehead atoms. The van der Waals surface area contributed by atoms with E-state index in [1.54, 1.807) is 0 Å². The number of esters is 1. The van der Waals surface area contributed by atoms with E-state index in [2.05, 4.69) is 13.8 Å².